The molecule has 1 aliphatic carbocycles. The van der Waals surface area contributed by atoms with Gasteiger partial charge in [-0.15, -0.1) is 10.2 Å². The average molecular weight is 512 g/mol. The van der Waals surface area contributed by atoms with Crippen LogP contribution in [0.4, 0.5) is 8.78 Å². The number of pyridine rings is 1. The molecule has 2 aromatic heterocycles. The summed E-state index contributed by atoms with van der Waals surface area (Å²) in [5.74, 6) is -2.50. The Morgan fingerprint density at radius 2 is 1.94 bits per heavy atom. The summed E-state index contributed by atoms with van der Waals surface area (Å²) in [5, 5.41) is 8.63. The summed E-state index contributed by atoms with van der Waals surface area (Å²) in [4.78, 5) is 4.54. The summed E-state index contributed by atoms with van der Waals surface area (Å²) in [7, 11) is -4.07. The van der Waals surface area contributed by atoms with E-state index in [1.54, 1.807) is 29.8 Å². The number of benzene rings is 2. The van der Waals surface area contributed by atoms with Crippen molar-refractivity contribution in [3.05, 3.63) is 72.4 Å². The van der Waals surface area contributed by atoms with E-state index in [2.05, 4.69) is 19.9 Å². The molecule has 0 saturated heterocycles. The predicted molar refractivity (Wildman–Crippen MR) is 133 cm³/mol. The first-order chi connectivity index (χ1) is 17.1. The molecular formula is C26H27F2N5O2S. The molecule has 1 fully saturated rings. The molecule has 2 aromatic carbocycles. The number of alkyl halides is 2. The lowest BCUT2D eigenvalue weighted by Gasteiger charge is -2.35. The van der Waals surface area contributed by atoms with Gasteiger partial charge >= 0.3 is 0 Å². The van der Waals surface area contributed by atoms with Crippen LogP contribution < -0.4 is 4.72 Å². The number of rotatable bonds is 6. The zero-order chi connectivity index (χ0) is 25.5. The third-order valence-electron chi connectivity index (χ3n) is 6.73. The number of hydrogen-bond acceptors (Lipinski definition) is 5. The number of hydrogen-bond donors (Lipinski definition) is 1. The van der Waals surface area contributed by atoms with Crippen molar-refractivity contribution in [2.45, 2.75) is 62.4 Å². The topological polar surface area (TPSA) is 89.8 Å². The van der Waals surface area contributed by atoms with Crippen LogP contribution >= 0.6 is 0 Å². The Balaban J connectivity index is 1.49. The Labute approximate surface area is 208 Å². The van der Waals surface area contributed by atoms with Crippen molar-refractivity contribution in [2.75, 3.05) is 0 Å². The first kappa shape index (κ1) is 24.5. The van der Waals surface area contributed by atoms with Gasteiger partial charge in [0.25, 0.3) is 5.92 Å². The lowest BCUT2D eigenvalue weighted by atomic mass is 9.88. The van der Waals surface area contributed by atoms with Crippen LogP contribution in [0.15, 0.2) is 66.0 Å². The second kappa shape index (κ2) is 9.33. The summed E-state index contributed by atoms with van der Waals surface area (Å²) in [6.07, 6.45) is 3.02. The lowest BCUT2D eigenvalue weighted by molar-refractivity contribution is -0.0579. The summed E-state index contributed by atoms with van der Waals surface area (Å²) in [6, 6.07) is 13.2. The Kier molecular flexibility index (Phi) is 6.34. The second-order valence-corrected chi connectivity index (χ2v) is 11.1. The number of para-hydroxylation sites is 1. The van der Waals surface area contributed by atoms with Crippen molar-refractivity contribution in [3.63, 3.8) is 0 Å². The Bertz CT molecular complexity index is 1510. The minimum Gasteiger partial charge on any atom is -0.314 e. The summed E-state index contributed by atoms with van der Waals surface area (Å²) in [5.41, 5.74) is 3.12. The van der Waals surface area contributed by atoms with Crippen LogP contribution in [0.25, 0.3) is 22.0 Å². The molecule has 0 unspecified atom stereocenters. The van der Waals surface area contributed by atoms with Crippen LogP contribution in [-0.4, -0.2) is 40.1 Å². The molecule has 36 heavy (non-hydrogen) atoms. The number of halogens is 2. The van der Waals surface area contributed by atoms with Gasteiger partial charge in [0.05, 0.1) is 10.4 Å². The molecule has 7 nitrogen and oxygen atoms in total. The monoisotopic (exact) mass is 511 g/mol. The van der Waals surface area contributed by atoms with E-state index in [-0.39, 0.29) is 17.7 Å². The summed E-state index contributed by atoms with van der Waals surface area (Å²) in [6.45, 7) is 3.64. The fourth-order valence-corrected chi connectivity index (χ4v) is 6.39. The third kappa shape index (κ3) is 4.87. The van der Waals surface area contributed by atoms with Gasteiger partial charge in [-0.05, 0) is 49.1 Å². The average Bonchev–Trinajstić information content (AvgIpc) is 3.28. The second-order valence-electron chi connectivity index (χ2n) is 9.36. The maximum absolute atomic E-state index is 14.7. The highest BCUT2D eigenvalue weighted by atomic mass is 32.2. The quantitative estimate of drug-likeness (QED) is 0.390. The first-order valence-electron chi connectivity index (χ1n) is 11.9. The van der Waals surface area contributed by atoms with E-state index < -0.39 is 34.5 Å². The van der Waals surface area contributed by atoms with Crippen molar-refractivity contribution < 1.29 is 17.2 Å². The molecule has 0 radical (unpaired) electrons. The molecule has 10 heteroatoms. The Hall–Kier alpha value is -3.24. The lowest BCUT2D eigenvalue weighted by Crippen LogP contribution is -2.45. The highest BCUT2D eigenvalue weighted by Gasteiger charge is 2.43. The highest BCUT2D eigenvalue weighted by molar-refractivity contribution is 7.89. The molecule has 0 aliphatic heterocycles. The van der Waals surface area contributed by atoms with Gasteiger partial charge in [-0.1, -0.05) is 37.3 Å². The van der Waals surface area contributed by atoms with Gasteiger partial charge in [-0.3, -0.25) is 4.98 Å². The molecule has 2 heterocycles. The van der Waals surface area contributed by atoms with Crippen LogP contribution in [0.3, 0.4) is 0 Å². The number of sulfonamides is 1. The van der Waals surface area contributed by atoms with Gasteiger partial charge in [0.2, 0.25) is 10.0 Å². The normalized spacial score (nSPS) is 20.0. The molecule has 1 saturated carbocycles. The standard InChI is InChI=1S/C26H27F2N5O2S/c1-3-18-10-20(24-8-4-6-19-7-5-9-29-25(19)24)12-23(11-18)36(34,35)32-21-13-22(15-26(27,28)14-21)33-16-30-31-17(33)2/h4-12,16,21-22,32H,3,13-15H2,1-2H3/t21-,22+/m1/s1. The molecule has 2 atom stereocenters. The van der Waals surface area contributed by atoms with E-state index >= 15 is 0 Å². The molecular weight excluding hydrogens is 484 g/mol. The maximum Gasteiger partial charge on any atom is 0.251 e. The van der Waals surface area contributed by atoms with Gasteiger partial charge < -0.3 is 4.57 Å². The van der Waals surface area contributed by atoms with Crippen LogP contribution in [-0.2, 0) is 16.4 Å². The largest absolute Gasteiger partial charge is 0.314 e. The van der Waals surface area contributed by atoms with E-state index in [9.17, 15) is 17.2 Å². The first-order valence-corrected chi connectivity index (χ1v) is 13.4. The fourth-order valence-electron chi connectivity index (χ4n) is 5.04. The van der Waals surface area contributed by atoms with Crippen molar-refractivity contribution in [3.8, 4) is 11.1 Å². The number of aryl methyl sites for hydroxylation is 2. The van der Waals surface area contributed by atoms with E-state index in [4.69, 9.17) is 0 Å². The Morgan fingerprint density at radius 1 is 1.14 bits per heavy atom. The molecule has 1 N–H and O–H groups in total. The van der Waals surface area contributed by atoms with E-state index in [1.807, 2.05) is 43.3 Å². The zero-order valence-electron chi connectivity index (χ0n) is 20.0. The van der Waals surface area contributed by atoms with E-state index in [0.29, 0.717) is 17.8 Å². The smallest absolute Gasteiger partial charge is 0.251 e. The third-order valence-corrected chi connectivity index (χ3v) is 8.23. The van der Waals surface area contributed by atoms with E-state index in [1.165, 1.54) is 6.33 Å². The molecule has 4 aromatic rings. The summed E-state index contributed by atoms with van der Waals surface area (Å²) < 4.78 is 60.5. The number of nitrogens with one attached hydrogen (secondary N) is 1. The zero-order valence-corrected chi connectivity index (χ0v) is 20.8. The molecule has 0 bridgehead atoms. The van der Waals surface area contributed by atoms with Crippen LogP contribution in [0.2, 0.25) is 0 Å². The van der Waals surface area contributed by atoms with Crippen molar-refractivity contribution in [2.24, 2.45) is 0 Å². The molecule has 188 valence electrons. The van der Waals surface area contributed by atoms with Gasteiger partial charge in [0.1, 0.15) is 12.2 Å². The fraction of sp³-hybridized carbons (Fsp3) is 0.346. The molecule has 0 spiro atoms. The number of aromatic nitrogens is 4. The van der Waals surface area contributed by atoms with E-state index in [0.717, 1.165) is 22.0 Å². The highest BCUT2D eigenvalue weighted by Crippen LogP contribution is 2.40. The maximum atomic E-state index is 14.7. The van der Waals surface area contributed by atoms with Crippen molar-refractivity contribution >= 4 is 20.9 Å². The van der Waals surface area contributed by atoms with Gasteiger partial charge in [0.15, 0.2) is 0 Å². The van der Waals surface area contributed by atoms with Crippen LogP contribution in [0.5, 0.6) is 0 Å². The predicted octanol–water partition coefficient (Wildman–Crippen LogP) is 5.07. The minimum atomic E-state index is -4.07. The molecule has 1 aliphatic rings. The minimum absolute atomic E-state index is 0.0516. The Morgan fingerprint density at radius 3 is 2.69 bits per heavy atom. The van der Waals surface area contributed by atoms with Gasteiger partial charge in [-0.2, -0.15) is 0 Å². The number of nitrogens with zero attached hydrogens (tertiary/aromatic N) is 4. The van der Waals surface area contributed by atoms with Crippen LogP contribution in [0, 0.1) is 6.92 Å². The molecule has 0 amide bonds. The molecule has 5 rings (SSSR count). The van der Waals surface area contributed by atoms with Crippen molar-refractivity contribution in [1.29, 1.82) is 0 Å². The summed E-state index contributed by atoms with van der Waals surface area (Å²) >= 11 is 0. The SMILES string of the molecule is CCc1cc(-c2cccc3cccnc23)cc(S(=O)(=O)N[C@@H]2C[C@H](n3cnnc3C)CC(F)(F)C2)c1. The van der Waals surface area contributed by atoms with Crippen molar-refractivity contribution in [1.82, 2.24) is 24.5 Å². The van der Waals surface area contributed by atoms with Crippen LogP contribution in [0.1, 0.15) is 43.6 Å². The van der Waals surface area contributed by atoms with Gasteiger partial charge in [0, 0.05) is 42.1 Å². The number of fused-ring (bicyclic) bond motifs is 1. The van der Waals surface area contributed by atoms with Gasteiger partial charge in [-0.25, -0.2) is 21.9 Å².